The molecule has 1 fully saturated rings. The van der Waals surface area contributed by atoms with Gasteiger partial charge in [-0.3, -0.25) is 4.79 Å². The van der Waals surface area contributed by atoms with Crippen LogP contribution in [0, 0.1) is 5.92 Å². The summed E-state index contributed by atoms with van der Waals surface area (Å²) in [5.74, 6) is 1.89. The molecular formula is C18H29ClN2O2. The first-order valence-corrected chi connectivity index (χ1v) is 8.30. The molecule has 0 spiro atoms. The van der Waals surface area contributed by atoms with Crippen LogP contribution >= 0.6 is 12.4 Å². The van der Waals surface area contributed by atoms with Gasteiger partial charge in [0.05, 0.1) is 7.11 Å². The summed E-state index contributed by atoms with van der Waals surface area (Å²) in [5, 5.41) is 6.47. The molecule has 23 heavy (non-hydrogen) atoms. The Labute approximate surface area is 145 Å². The highest BCUT2D eigenvalue weighted by atomic mass is 35.5. The Balaban J connectivity index is 0.00000264. The lowest BCUT2D eigenvalue weighted by atomic mass is 9.95. The molecule has 1 aliphatic rings. The van der Waals surface area contributed by atoms with Crippen LogP contribution in [0.3, 0.4) is 0 Å². The van der Waals surface area contributed by atoms with Crippen molar-refractivity contribution in [2.75, 3.05) is 26.7 Å². The van der Waals surface area contributed by atoms with Crippen molar-refractivity contribution >= 4 is 18.3 Å². The summed E-state index contributed by atoms with van der Waals surface area (Å²) in [6, 6.07) is 7.95. The second kappa shape index (κ2) is 10.5. The van der Waals surface area contributed by atoms with E-state index in [1.165, 1.54) is 12.8 Å². The third-order valence-electron chi connectivity index (χ3n) is 4.43. The van der Waals surface area contributed by atoms with Crippen LogP contribution in [0.2, 0.25) is 0 Å². The van der Waals surface area contributed by atoms with Gasteiger partial charge in [0, 0.05) is 13.0 Å². The number of ether oxygens (including phenoxy) is 1. The zero-order valence-corrected chi connectivity index (χ0v) is 15.0. The van der Waals surface area contributed by atoms with E-state index in [0.29, 0.717) is 12.3 Å². The van der Waals surface area contributed by atoms with Crippen LogP contribution in [0.15, 0.2) is 24.3 Å². The summed E-state index contributed by atoms with van der Waals surface area (Å²) < 4.78 is 5.24. The molecule has 2 unspecified atom stereocenters. The molecule has 0 radical (unpaired) electrons. The molecule has 5 heteroatoms. The number of carbonyl (C=O) groups excluding carboxylic acids is 1. The SMILES string of the molecule is COc1cccc(C(C)CC(=O)NCCC2CCCNC2)c1.Cl. The zero-order chi connectivity index (χ0) is 15.8. The Morgan fingerprint density at radius 1 is 1.48 bits per heavy atom. The van der Waals surface area contributed by atoms with Gasteiger partial charge in [0.25, 0.3) is 0 Å². The summed E-state index contributed by atoms with van der Waals surface area (Å²) in [7, 11) is 1.66. The van der Waals surface area contributed by atoms with Gasteiger partial charge in [0.2, 0.25) is 5.91 Å². The Morgan fingerprint density at radius 2 is 2.30 bits per heavy atom. The fourth-order valence-electron chi connectivity index (χ4n) is 3.00. The van der Waals surface area contributed by atoms with Crippen LogP contribution in [0.4, 0.5) is 0 Å². The van der Waals surface area contributed by atoms with Gasteiger partial charge >= 0.3 is 0 Å². The van der Waals surface area contributed by atoms with E-state index in [0.717, 1.165) is 37.4 Å². The average Bonchev–Trinajstić information content (AvgIpc) is 2.56. The third kappa shape index (κ3) is 6.80. The molecule has 1 aromatic rings. The van der Waals surface area contributed by atoms with E-state index in [9.17, 15) is 4.79 Å². The standard InChI is InChI=1S/C18H28N2O2.ClH/c1-14(16-6-3-7-17(12-16)22-2)11-18(21)20-10-8-15-5-4-9-19-13-15;/h3,6-7,12,14-15,19H,4-5,8-11,13H2,1-2H3,(H,20,21);1H. The van der Waals surface area contributed by atoms with Gasteiger partial charge < -0.3 is 15.4 Å². The van der Waals surface area contributed by atoms with Gasteiger partial charge in [0.1, 0.15) is 5.75 Å². The smallest absolute Gasteiger partial charge is 0.220 e. The molecule has 130 valence electrons. The number of amides is 1. The zero-order valence-electron chi connectivity index (χ0n) is 14.1. The lowest BCUT2D eigenvalue weighted by Crippen LogP contribution is -2.33. The maximum Gasteiger partial charge on any atom is 0.220 e. The number of nitrogens with one attached hydrogen (secondary N) is 2. The number of benzene rings is 1. The topological polar surface area (TPSA) is 50.4 Å². The Morgan fingerprint density at radius 3 is 3.00 bits per heavy atom. The molecule has 0 bridgehead atoms. The summed E-state index contributed by atoms with van der Waals surface area (Å²) >= 11 is 0. The van der Waals surface area contributed by atoms with Gasteiger partial charge in [-0.1, -0.05) is 19.1 Å². The van der Waals surface area contributed by atoms with Crippen LogP contribution in [0.1, 0.15) is 44.1 Å². The second-order valence-corrected chi connectivity index (χ2v) is 6.23. The van der Waals surface area contributed by atoms with E-state index >= 15 is 0 Å². The number of methoxy groups -OCH3 is 1. The van der Waals surface area contributed by atoms with Crippen LogP contribution in [-0.4, -0.2) is 32.7 Å². The predicted octanol–water partition coefficient (Wildman–Crippen LogP) is 3.12. The van der Waals surface area contributed by atoms with Gasteiger partial charge in [0.15, 0.2) is 0 Å². The fraction of sp³-hybridized carbons (Fsp3) is 0.611. The van der Waals surface area contributed by atoms with Crippen LogP contribution < -0.4 is 15.4 Å². The number of hydrogen-bond acceptors (Lipinski definition) is 3. The lowest BCUT2D eigenvalue weighted by molar-refractivity contribution is -0.121. The van der Waals surface area contributed by atoms with E-state index in [2.05, 4.69) is 17.6 Å². The van der Waals surface area contributed by atoms with E-state index in [4.69, 9.17) is 4.74 Å². The van der Waals surface area contributed by atoms with Crippen molar-refractivity contribution in [3.8, 4) is 5.75 Å². The minimum atomic E-state index is 0. The predicted molar refractivity (Wildman–Crippen MR) is 96.5 cm³/mol. The lowest BCUT2D eigenvalue weighted by Gasteiger charge is -2.22. The molecular weight excluding hydrogens is 312 g/mol. The second-order valence-electron chi connectivity index (χ2n) is 6.23. The molecule has 2 N–H and O–H groups in total. The number of piperidine rings is 1. The summed E-state index contributed by atoms with van der Waals surface area (Å²) in [4.78, 5) is 12.1. The molecule has 1 heterocycles. The molecule has 1 aliphatic heterocycles. The van der Waals surface area contributed by atoms with E-state index in [1.807, 2.05) is 24.3 Å². The summed E-state index contributed by atoms with van der Waals surface area (Å²) in [5.41, 5.74) is 1.14. The molecule has 0 aliphatic carbocycles. The molecule has 1 saturated heterocycles. The van der Waals surface area contributed by atoms with E-state index in [-0.39, 0.29) is 24.2 Å². The number of rotatable bonds is 7. The van der Waals surface area contributed by atoms with E-state index < -0.39 is 0 Å². The van der Waals surface area contributed by atoms with Crippen molar-refractivity contribution in [1.82, 2.24) is 10.6 Å². The summed E-state index contributed by atoms with van der Waals surface area (Å²) in [6.07, 6.45) is 4.14. The van der Waals surface area contributed by atoms with Crippen LogP contribution in [-0.2, 0) is 4.79 Å². The average molecular weight is 341 g/mol. The van der Waals surface area contributed by atoms with Gasteiger partial charge in [-0.15, -0.1) is 12.4 Å². The Hall–Kier alpha value is -1.26. The minimum absolute atomic E-state index is 0. The first kappa shape index (κ1) is 19.8. The van der Waals surface area contributed by atoms with Gasteiger partial charge in [-0.25, -0.2) is 0 Å². The molecule has 1 aromatic carbocycles. The quantitative estimate of drug-likeness (QED) is 0.801. The van der Waals surface area contributed by atoms with E-state index in [1.54, 1.807) is 7.11 Å². The highest BCUT2D eigenvalue weighted by Gasteiger charge is 2.14. The molecule has 0 aromatic heterocycles. The van der Waals surface area contributed by atoms with Crippen molar-refractivity contribution in [3.05, 3.63) is 29.8 Å². The Bertz CT molecular complexity index is 476. The first-order valence-electron chi connectivity index (χ1n) is 8.30. The molecule has 1 amide bonds. The van der Waals surface area contributed by atoms with Gasteiger partial charge in [-0.05, 0) is 61.9 Å². The molecule has 0 saturated carbocycles. The maximum atomic E-state index is 12.1. The number of halogens is 1. The fourth-order valence-corrected chi connectivity index (χ4v) is 3.00. The third-order valence-corrected chi connectivity index (χ3v) is 4.43. The molecule has 2 atom stereocenters. The van der Waals surface area contributed by atoms with Crippen molar-refractivity contribution in [2.24, 2.45) is 5.92 Å². The number of hydrogen-bond donors (Lipinski definition) is 2. The first-order chi connectivity index (χ1) is 10.7. The van der Waals surface area contributed by atoms with Gasteiger partial charge in [-0.2, -0.15) is 0 Å². The Kier molecular flexibility index (Phi) is 9.03. The minimum Gasteiger partial charge on any atom is -0.497 e. The summed E-state index contributed by atoms with van der Waals surface area (Å²) in [6.45, 7) is 5.10. The van der Waals surface area contributed by atoms with Crippen molar-refractivity contribution in [3.63, 3.8) is 0 Å². The van der Waals surface area contributed by atoms with Crippen molar-refractivity contribution in [1.29, 1.82) is 0 Å². The molecule has 4 nitrogen and oxygen atoms in total. The van der Waals surface area contributed by atoms with Crippen molar-refractivity contribution in [2.45, 2.75) is 38.5 Å². The largest absolute Gasteiger partial charge is 0.497 e. The monoisotopic (exact) mass is 340 g/mol. The normalized spacial score (nSPS) is 18.6. The maximum absolute atomic E-state index is 12.1. The van der Waals surface area contributed by atoms with Crippen LogP contribution in [0.5, 0.6) is 5.75 Å². The van der Waals surface area contributed by atoms with Crippen LogP contribution in [0.25, 0.3) is 0 Å². The molecule has 2 rings (SSSR count). The highest BCUT2D eigenvalue weighted by molar-refractivity contribution is 5.85. The highest BCUT2D eigenvalue weighted by Crippen LogP contribution is 2.23. The number of carbonyl (C=O) groups is 1. The van der Waals surface area contributed by atoms with Crippen molar-refractivity contribution < 1.29 is 9.53 Å².